The Morgan fingerprint density at radius 3 is 2.03 bits per heavy atom. The lowest BCUT2D eigenvalue weighted by molar-refractivity contribution is -0.160. The second-order valence-corrected chi connectivity index (χ2v) is 11.9. The van der Waals surface area contributed by atoms with Crippen molar-refractivity contribution in [3.63, 3.8) is 0 Å². The number of benzene rings is 2. The summed E-state index contributed by atoms with van der Waals surface area (Å²) in [6.07, 6.45) is -1.32. The zero-order valence-electron chi connectivity index (χ0n) is 19.9. The molecule has 1 aliphatic heterocycles. The standard InChI is InChI=1S/C26H32F2O5S/c1-25(2,3)33-24(29)26(15-17-32-18-16-26)34(30,31)22-13-11-21(12-14-22)20-9-7-19(8-10-20)5-4-6-23(27)28/h7-14,23H,4-6,15-18H2,1-3H3. The van der Waals surface area contributed by atoms with Crippen LogP contribution in [0.4, 0.5) is 8.78 Å². The van der Waals surface area contributed by atoms with Crippen molar-refractivity contribution in [1.29, 1.82) is 0 Å². The van der Waals surface area contributed by atoms with E-state index in [1.165, 1.54) is 12.1 Å². The van der Waals surface area contributed by atoms with Gasteiger partial charge in [-0.15, -0.1) is 0 Å². The quantitative estimate of drug-likeness (QED) is 0.447. The van der Waals surface area contributed by atoms with Crippen LogP contribution in [-0.4, -0.2) is 44.4 Å². The summed E-state index contributed by atoms with van der Waals surface area (Å²) in [5.41, 5.74) is 1.86. The first-order valence-electron chi connectivity index (χ1n) is 11.5. The molecule has 34 heavy (non-hydrogen) atoms. The maximum atomic E-state index is 13.7. The topological polar surface area (TPSA) is 69.7 Å². The van der Waals surface area contributed by atoms with Crippen LogP contribution in [0.15, 0.2) is 53.4 Å². The van der Waals surface area contributed by atoms with Crippen LogP contribution >= 0.6 is 0 Å². The van der Waals surface area contributed by atoms with Crippen molar-refractivity contribution >= 4 is 15.8 Å². The van der Waals surface area contributed by atoms with Crippen LogP contribution in [0.5, 0.6) is 0 Å². The molecular weight excluding hydrogens is 462 g/mol. The molecule has 8 heteroatoms. The van der Waals surface area contributed by atoms with Gasteiger partial charge in [-0.3, -0.25) is 4.79 Å². The zero-order chi connectivity index (χ0) is 25.0. The van der Waals surface area contributed by atoms with E-state index in [-0.39, 0.29) is 37.4 Å². The van der Waals surface area contributed by atoms with E-state index in [2.05, 4.69) is 0 Å². The second-order valence-electron chi connectivity index (χ2n) is 9.62. The molecule has 1 saturated heterocycles. The molecular formula is C26H32F2O5S. The fourth-order valence-electron chi connectivity index (χ4n) is 4.03. The Labute approximate surface area is 200 Å². The summed E-state index contributed by atoms with van der Waals surface area (Å²) in [5.74, 6) is -0.741. The van der Waals surface area contributed by atoms with Crippen LogP contribution in [0.3, 0.4) is 0 Å². The minimum Gasteiger partial charge on any atom is -0.459 e. The monoisotopic (exact) mass is 494 g/mol. The summed E-state index contributed by atoms with van der Waals surface area (Å²) in [7, 11) is -4.03. The Kier molecular flexibility index (Phi) is 8.14. The lowest BCUT2D eigenvalue weighted by Crippen LogP contribution is -2.53. The molecule has 0 radical (unpaired) electrons. The van der Waals surface area contributed by atoms with Crippen LogP contribution in [0.2, 0.25) is 0 Å². The first kappa shape index (κ1) is 26.3. The van der Waals surface area contributed by atoms with Gasteiger partial charge in [0.2, 0.25) is 6.43 Å². The summed E-state index contributed by atoms with van der Waals surface area (Å²) < 4.78 is 61.2. The van der Waals surface area contributed by atoms with E-state index >= 15 is 0 Å². The smallest absolute Gasteiger partial charge is 0.328 e. The predicted molar refractivity (Wildman–Crippen MR) is 127 cm³/mol. The molecule has 5 nitrogen and oxygen atoms in total. The fraction of sp³-hybridized carbons (Fsp3) is 0.500. The van der Waals surface area contributed by atoms with Gasteiger partial charge in [-0.25, -0.2) is 17.2 Å². The van der Waals surface area contributed by atoms with Crippen LogP contribution < -0.4 is 0 Å². The molecule has 0 unspecified atom stereocenters. The lowest BCUT2D eigenvalue weighted by atomic mass is 9.99. The first-order chi connectivity index (χ1) is 15.9. The second kappa shape index (κ2) is 10.5. The van der Waals surface area contributed by atoms with Crippen LogP contribution in [0, 0.1) is 0 Å². The molecule has 0 spiro atoms. The molecule has 3 rings (SSSR count). The van der Waals surface area contributed by atoms with Crippen molar-refractivity contribution in [3.05, 3.63) is 54.1 Å². The van der Waals surface area contributed by atoms with Gasteiger partial charge in [-0.1, -0.05) is 36.4 Å². The third-order valence-corrected chi connectivity index (χ3v) is 8.42. The highest BCUT2D eigenvalue weighted by Gasteiger charge is 2.54. The largest absolute Gasteiger partial charge is 0.459 e. The molecule has 0 amide bonds. The summed E-state index contributed by atoms with van der Waals surface area (Å²) in [6.45, 7) is 5.47. The molecule has 0 N–H and O–H groups in total. The van der Waals surface area contributed by atoms with Gasteiger partial charge in [-0.2, -0.15) is 0 Å². The Morgan fingerprint density at radius 2 is 1.53 bits per heavy atom. The molecule has 0 bridgehead atoms. The normalized spacial score (nSPS) is 16.4. The molecule has 0 aliphatic carbocycles. The third kappa shape index (κ3) is 6.02. The maximum Gasteiger partial charge on any atom is 0.328 e. The number of sulfone groups is 1. The highest BCUT2D eigenvalue weighted by molar-refractivity contribution is 7.93. The number of aryl methyl sites for hydroxylation is 1. The minimum atomic E-state index is -4.03. The molecule has 1 fully saturated rings. The minimum absolute atomic E-state index is 0.0407. The molecule has 2 aromatic carbocycles. The van der Waals surface area contributed by atoms with Crippen molar-refractivity contribution in [3.8, 4) is 11.1 Å². The van der Waals surface area contributed by atoms with Crippen LogP contribution in [-0.2, 0) is 30.5 Å². The van der Waals surface area contributed by atoms with E-state index in [9.17, 15) is 22.0 Å². The van der Waals surface area contributed by atoms with Crippen molar-refractivity contribution in [2.75, 3.05) is 13.2 Å². The van der Waals surface area contributed by atoms with Gasteiger partial charge < -0.3 is 9.47 Å². The Balaban J connectivity index is 1.82. The summed E-state index contributed by atoms with van der Waals surface area (Å²) in [6, 6.07) is 14.0. The molecule has 186 valence electrons. The van der Waals surface area contributed by atoms with Gasteiger partial charge in [0, 0.05) is 32.5 Å². The van der Waals surface area contributed by atoms with E-state index in [1.807, 2.05) is 24.3 Å². The van der Waals surface area contributed by atoms with E-state index in [0.29, 0.717) is 12.8 Å². The molecule has 0 aromatic heterocycles. The van der Waals surface area contributed by atoms with E-state index in [1.54, 1.807) is 32.9 Å². The molecule has 0 saturated carbocycles. The Hall–Kier alpha value is -2.32. The van der Waals surface area contributed by atoms with Gasteiger partial charge in [-0.05, 0) is 62.4 Å². The van der Waals surface area contributed by atoms with Crippen molar-refractivity contribution in [2.45, 2.75) is 74.5 Å². The SMILES string of the molecule is CC(C)(C)OC(=O)C1(S(=O)(=O)c2ccc(-c3ccc(CCCC(F)F)cc3)cc2)CCOCC1. The van der Waals surface area contributed by atoms with Crippen molar-refractivity contribution < 1.29 is 31.5 Å². The number of esters is 1. The van der Waals surface area contributed by atoms with Gasteiger partial charge in [0.25, 0.3) is 0 Å². The van der Waals surface area contributed by atoms with Crippen LogP contribution in [0.25, 0.3) is 11.1 Å². The highest BCUT2D eigenvalue weighted by atomic mass is 32.2. The highest BCUT2D eigenvalue weighted by Crippen LogP contribution is 2.38. The number of halogens is 2. The molecule has 0 atom stereocenters. The maximum absolute atomic E-state index is 13.7. The van der Waals surface area contributed by atoms with E-state index < -0.39 is 32.6 Å². The predicted octanol–water partition coefficient (Wildman–Crippen LogP) is 5.61. The molecule has 1 aliphatic rings. The lowest BCUT2D eigenvalue weighted by Gasteiger charge is -2.36. The summed E-state index contributed by atoms with van der Waals surface area (Å²) in [4.78, 5) is 13.2. The van der Waals surface area contributed by atoms with Gasteiger partial charge >= 0.3 is 5.97 Å². The summed E-state index contributed by atoms with van der Waals surface area (Å²) >= 11 is 0. The van der Waals surface area contributed by atoms with Crippen molar-refractivity contribution in [1.82, 2.24) is 0 Å². The average Bonchev–Trinajstić information content (AvgIpc) is 2.78. The van der Waals surface area contributed by atoms with Crippen molar-refractivity contribution in [2.24, 2.45) is 0 Å². The number of alkyl halides is 2. The van der Waals surface area contributed by atoms with E-state index in [0.717, 1.165) is 16.7 Å². The number of hydrogen-bond donors (Lipinski definition) is 0. The molecule has 1 heterocycles. The number of hydrogen-bond acceptors (Lipinski definition) is 5. The Bertz CT molecular complexity index is 1070. The number of rotatable bonds is 8. The number of carbonyl (C=O) groups excluding carboxylic acids is 1. The average molecular weight is 495 g/mol. The third-order valence-electron chi connectivity index (χ3n) is 5.93. The molecule has 2 aromatic rings. The van der Waals surface area contributed by atoms with Gasteiger partial charge in [0.15, 0.2) is 14.6 Å². The summed E-state index contributed by atoms with van der Waals surface area (Å²) in [5, 5.41) is 0. The first-order valence-corrected chi connectivity index (χ1v) is 13.0. The van der Waals surface area contributed by atoms with Gasteiger partial charge in [0.05, 0.1) is 4.90 Å². The fourth-order valence-corrected chi connectivity index (χ4v) is 5.94. The van der Waals surface area contributed by atoms with Crippen LogP contribution in [0.1, 0.15) is 52.0 Å². The number of carbonyl (C=O) groups is 1. The van der Waals surface area contributed by atoms with Gasteiger partial charge in [0.1, 0.15) is 5.60 Å². The zero-order valence-corrected chi connectivity index (χ0v) is 20.7. The Morgan fingerprint density at radius 1 is 1.00 bits per heavy atom. The number of ether oxygens (including phenoxy) is 2. The van der Waals surface area contributed by atoms with E-state index in [4.69, 9.17) is 9.47 Å².